The van der Waals surface area contributed by atoms with Gasteiger partial charge in [-0.25, -0.2) is 0 Å². The molecule has 1 aliphatic heterocycles. The van der Waals surface area contributed by atoms with Crippen LogP contribution in [-0.2, 0) is 11.3 Å². The molecular weight excluding hydrogens is 202 g/mol. The van der Waals surface area contributed by atoms with E-state index in [0.29, 0.717) is 12.1 Å². The Labute approximate surface area is 93.6 Å². The fourth-order valence-electron chi connectivity index (χ4n) is 1.67. The van der Waals surface area contributed by atoms with Crippen molar-refractivity contribution in [3.63, 3.8) is 0 Å². The zero-order chi connectivity index (χ0) is 11.5. The van der Waals surface area contributed by atoms with E-state index in [4.69, 9.17) is 11.0 Å². The first-order chi connectivity index (χ1) is 7.72. The third kappa shape index (κ3) is 1.75. The van der Waals surface area contributed by atoms with Crippen LogP contribution in [0.3, 0.4) is 0 Å². The molecule has 4 heteroatoms. The van der Waals surface area contributed by atoms with Gasteiger partial charge >= 0.3 is 0 Å². The Balaban J connectivity index is 2.21. The molecule has 1 aliphatic rings. The minimum Gasteiger partial charge on any atom is -0.384 e. The first kappa shape index (κ1) is 10.2. The van der Waals surface area contributed by atoms with Crippen LogP contribution in [-0.4, -0.2) is 10.8 Å². The molecule has 16 heavy (non-hydrogen) atoms. The van der Waals surface area contributed by atoms with E-state index < -0.39 is 0 Å². The average molecular weight is 213 g/mol. The van der Waals surface area contributed by atoms with E-state index in [1.807, 2.05) is 36.4 Å². The normalized spacial score (nSPS) is 15.4. The van der Waals surface area contributed by atoms with Crippen molar-refractivity contribution < 1.29 is 4.79 Å². The molecule has 0 atom stereocenters. The molecule has 0 unspecified atom stereocenters. The van der Waals surface area contributed by atoms with Crippen LogP contribution in [0.4, 0.5) is 0 Å². The molecule has 0 spiro atoms. The molecule has 4 nitrogen and oxygen atoms in total. The molecule has 1 amide bonds. The fourth-order valence-corrected chi connectivity index (χ4v) is 1.67. The molecule has 0 bridgehead atoms. The third-order valence-electron chi connectivity index (χ3n) is 2.55. The van der Waals surface area contributed by atoms with Crippen molar-refractivity contribution in [1.29, 1.82) is 5.26 Å². The smallest absolute Gasteiger partial charge is 0.233 e. The van der Waals surface area contributed by atoms with E-state index >= 15 is 0 Å². The van der Waals surface area contributed by atoms with E-state index in [9.17, 15) is 4.79 Å². The van der Waals surface area contributed by atoms with Gasteiger partial charge in [-0.05, 0) is 5.56 Å². The van der Waals surface area contributed by atoms with Crippen molar-refractivity contribution in [3.8, 4) is 6.07 Å². The number of carbonyl (C=O) groups is 1. The summed E-state index contributed by atoms with van der Waals surface area (Å²) in [7, 11) is 0. The van der Waals surface area contributed by atoms with Crippen LogP contribution in [0.1, 0.15) is 12.0 Å². The Morgan fingerprint density at radius 3 is 2.62 bits per heavy atom. The Morgan fingerprint density at radius 1 is 1.38 bits per heavy atom. The summed E-state index contributed by atoms with van der Waals surface area (Å²) in [5.41, 5.74) is 7.09. The molecule has 0 aromatic heterocycles. The van der Waals surface area contributed by atoms with Gasteiger partial charge in [-0.3, -0.25) is 9.69 Å². The lowest BCUT2D eigenvalue weighted by molar-refractivity contribution is -0.127. The number of nitrogens with zero attached hydrogens (tertiary/aromatic N) is 2. The summed E-state index contributed by atoms with van der Waals surface area (Å²) >= 11 is 0. The molecule has 0 saturated carbocycles. The van der Waals surface area contributed by atoms with Crippen LogP contribution in [0.5, 0.6) is 0 Å². The lowest BCUT2D eigenvalue weighted by Gasteiger charge is -2.17. The molecule has 2 N–H and O–H groups in total. The summed E-state index contributed by atoms with van der Waals surface area (Å²) in [5, 5.41) is 8.77. The maximum Gasteiger partial charge on any atom is 0.233 e. The summed E-state index contributed by atoms with van der Waals surface area (Å²) in [5.74, 6) is 0.175. The first-order valence-electron chi connectivity index (χ1n) is 4.95. The standard InChI is InChI=1S/C12H11N3O/c13-7-10-6-11(16)15(12(10)14)8-9-4-2-1-3-5-9/h1-5H,6,8,14H2. The zero-order valence-corrected chi connectivity index (χ0v) is 8.68. The quantitative estimate of drug-likeness (QED) is 0.800. The van der Waals surface area contributed by atoms with E-state index in [1.165, 1.54) is 4.90 Å². The van der Waals surface area contributed by atoms with Crippen molar-refractivity contribution >= 4 is 5.91 Å². The van der Waals surface area contributed by atoms with Gasteiger partial charge < -0.3 is 5.73 Å². The largest absolute Gasteiger partial charge is 0.384 e. The highest BCUT2D eigenvalue weighted by Gasteiger charge is 2.28. The van der Waals surface area contributed by atoms with Crippen LogP contribution in [0, 0.1) is 11.3 Å². The van der Waals surface area contributed by atoms with Crippen LogP contribution < -0.4 is 5.73 Å². The highest BCUT2D eigenvalue weighted by atomic mass is 16.2. The maximum absolute atomic E-state index is 11.6. The minimum atomic E-state index is -0.113. The lowest BCUT2D eigenvalue weighted by atomic mass is 10.2. The molecule has 0 fully saturated rings. The monoisotopic (exact) mass is 213 g/mol. The molecular formula is C12H11N3O. The van der Waals surface area contributed by atoms with Crippen LogP contribution in [0.25, 0.3) is 0 Å². The average Bonchev–Trinajstić information content (AvgIpc) is 2.58. The highest BCUT2D eigenvalue weighted by molar-refractivity contribution is 5.85. The van der Waals surface area contributed by atoms with Crippen molar-refractivity contribution in [3.05, 3.63) is 47.3 Å². The van der Waals surface area contributed by atoms with Crippen LogP contribution in [0.2, 0.25) is 0 Å². The summed E-state index contributed by atoms with van der Waals surface area (Å²) in [4.78, 5) is 13.1. The van der Waals surface area contributed by atoms with Gasteiger partial charge in [0.1, 0.15) is 5.82 Å². The molecule has 1 heterocycles. The summed E-state index contributed by atoms with van der Waals surface area (Å²) < 4.78 is 0. The predicted molar refractivity (Wildman–Crippen MR) is 58.4 cm³/mol. The van der Waals surface area contributed by atoms with Gasteiger partial charge in [0.25, 0.3) is 0 Å². The molecule has 2 rings (SSSR count). The van der Waals surface area contributed by atoms with E-state index in [1.54, 1.807) is 0 Å². The number of carbonyl (C=O) groups excluding carboxylic acids is 1. The van der Waals surface area contributed by atoms with Crippen molar-refractivity contribution in [1.82, 2.24) is 4.90 Å². The van der Waals surface area contributed by atoms with Gasteiger partial charge in [-0.1, -0.05) is 30.3 Å². The Morgan fingerprint density at radius 2 is 2.06 bits per heavy atom. The molecule has 0 radical (unpaired) electrons. The van der Waals surface area contributed by atoms with Gasteiger partial charge in [0.15, 0.2) is 0 Å². The fraction of sp³-hybridized carbons (Fsp3) is 0.167. The predicted octanol–water partition coefficient (Wildman–Crippen LogP) is 1.11. The zero-order valence-electron chi connectivity index (χ0n) is 8.68. The second-order valence-corrected chi connectivity index (χ2v) is 3.62. The van der Waals surface area contributed by atoms with E-state index in [2.05, 4.69) is 0 Å². The van der Waals surface area contributed by atoms with Gasteiger partial charge in [0, 0.05) is 0 Å². The number of hydrogen-bond acceptors (Lipinski definition) is 3. The Hall–Kier alpha value is -2.28. The molecule has 0 aliphatic carbocycles. The molecule has 1 aromatic carbocycles. The second-order valence-electron chi connectivity index (χ2n) is 3.62. The summed E-state index contributed by atoms with van der Waals surface area (Å²) in [6.45, 7) is 0.427. The SMILES string of the molecule is N#CC1=C(N)N(Cc2ccccc2)C(=O)C1. The van der Waals surface area contributed by atoms with Crippen molar-refractivity contribution in [2.45, 2.75) is 13.0 Å². The lowest BCUT2D eigenvalue weighted by Crippen LogP contribution is -2.28. The number of benzene rings is 1. The van der Waals surface area contributed by atoms with E-state index in [0.717, 1.165) is 5.56 Å². The Bertz CT molecular complexity index is 485. The second kappa shape index (κ2) is 4.07. The van der Waals surface area contributed by atoms with Crippen molar-refractivity contribution in [2.24, 2.45) is 5.73 Å². The molecule has 1 aromatic rings. The van der Waals surface area contributed by atoms with Gasteiger partial charge in [0.2, 0.25) is 5.91 Å². The van der Waals surface area contributed by atoms with Crippen LogP contribution in [0.15, 0.2) is 41.7 Å². The first-order valence-corrected chi connectivity index (χ1v) is 4.95. The van der Waals surface area contributed by atoms with E-state index in [-0.39, 0.29) is 18.1 Å². The maximum atomic E-state index is 11.6. The van der Waals surface area contributed by atoms with Gasteiger partial charge in [-0.2, -0.15) is 5.26 Å². The van der Waals surface area contributed by atoms with Crippen molar-refractivity contribution in [2.75, 3.05) is 0 Å². The summed E-state index contributed by atoms with van der Waals surface area (Å²) in [6, 6.07) is 11.5. The summed E-state index contributed by atoms with van der Waals surface area (Å²) in [6.07, 6.45) is 0.120. The minimum absolute atomic E-state index is 0.113. The number of amides is 1. The van der Waals surface area contributed by atoms with Crippen LogP contribution >= 0.6 is 0 Å². The topological polar surface area (TPSA) is 70.1 Å². The molecule has 0 saturated heterocycles. The Kier molecular flexibility index (Phi) is 2.61. The third-order valence-corrected chi connectivity index (χ3v) is 2.55. The number of nitrogens with two attached hydrogens (primary N) is 1. The highest BCUT2D eigenvalue weighted by Crippen LogP contribution is 2.21. The van der Waals surface area contributed by atoms with Gasteiger partial charge in [0.05, 0.1) is 24.6 Å². The number of nitriles is 1. The molecule has 80 valence electrons. The number of rotatable bonds is 2. The van der Waals surface area contributed by atoms with Gasteiger partial charge in [-0.15, -0.1) is 0 Å². The number of hydrogen-bond donors (Lipinski definition) is 1.